The summed E-state index contributed by atoms with van der Waals surface area (Å²) in [4.78, 5) is 12.3. The zero-order valence-electron chi connectivity index (χ0n) is 24.2. The molecule has 10 heteroatoms. The van der Waals surface area contributed by atoms with Crippen LogP contribution in [-0.2, 0) is 6.54 Å². The van der Waals surface area contributed by atoms with Gasteiger partial charge in [0.05, 0.1) is 41.1 Å². The van der Waals surface area contributed by atoms with Crippen LogP contribution in [0.2, 0.25) is 0 Å². The number of piperidine rings is 1. The Balaban J connectivity index is 1.43. The predicted octanol–water partition coefficient (Wildman–Crippen LogP) is 5.49. The van der Waals surface area contributed by atoms with Gasteiger partial charge in [-0.2, -0.15) is 4.98 Å². The molecule has 216 valence electrons. The fourth-order valence-corrected chi connectivity index (χ4v) is 5.17. The van der Waals surface area contributed by atoms with E-state index >= 15 is 0 Å². The van der Waals surface area contributed by atoms with Crippen LogP contribution in [0.5, 0.6) is 28.7 Å². The normalized spacial score (nSPS) is 14.0. The van der Waals surface area contributed by atoms with E-state index < -0.39 is 0 Å². The Morgan fingerprint density at radius 3 is 2.00 bits per heavy atom. The number of aromatic nitrogens is 2. The molecule has 0 bridgehead atoms. The van der Waals surface area contributed by atoms with Crippen molar-refractivity contribution in [3.63, 3.8) is 0 Å². The summed E-state index contributed by atoms with van der Waals surface area (Å²) in [6, 6.07) is 18.3. The molecule has 0 radical (unpaired) electrons. The van der Waals surface area contributed by atoms with Crippen molar-refractivity contribution in [1.82, 2.24) is 14.9 Å². The highest BCUT2D eigenvalue weighted by Gasteiger charge is 2.22. The van der Waals surface area contributed by atoms with E-state index in [1.807, 2.05) is 24.3 Å². The molecule has 5 rings (SSSR count). The van der Waals surface area contributed by atoms with Gasteiger partial charge in [0, 0.05) is 54.9 Å². The van der Waals surface area contributed by atoms with Gasteiger partial charge < -0.3 is 34.3 Å². The van der Waals surface area contributed by atoms with Crippen molar-refractivity contribution < 1.29 is 23.7 Å². The summed E-state index contributed by atoms with van der Waals surface area (Å²) in [6.07, 6.45) is 1.99. The van der Waals surface area contributed by atoms with Crippen LogP contribution in [0.25, 0.3) is 10.9 Å². The molecule has 1 aliphatic rings. The highest BCUT2D eigenvalue weighted by molar-refractivity contribution is 5.94. The van der Waals surface area contributed by atoms with Crippen molar-refractivity contribution in [3.8, 4) is 28.7 Å². The van der Waals surface area contributed by atoms with Crippen LogP contribution < -0.4 is 34.3 Å². The van der Waals surface area contributed by atoms with Crippen LogP contribution in [0, 0.1) is 0 Å². The van der Waals surface area contributed by atoms with E-state index in [0.717, 1.165) is 49.1 Å². The average molecular weight is 560 g/mol. The Morgan fingerprint density at radius 1 is 0.756 bits per heavy atom. The smallest absolute Gasteiger partial charge is 0.225 e. The van der Waals surface area contributed by atoms with Crippen molar-refractivity contribution >= 4 is 28.4 Å². The first kappa shape index (κ1) is 28.1. The molecule has 1 aliphatic heterocycles. The minimum absolute atomic E-state index is 0.258. The molecule has 0 saturated carbocycles. The lowest BCUT2D eigenvalue weighted by Gasteiger charge is -2.32. The molecular formula is C31H37N5O5. The second-order valence-electron chi connectivity index (χ2n) is 9.84. The molecule has 1 fully saturated rings. The number of nitrogens with one attached hydrogen (secondary N) is 2. The van der Waals surface area contributed by atoms with Gasteiger partial charge in [-0.15, -0.1) is 0 Å². The first-order chi connectivity index (χ1) is 20.0. The first-order valence-electron chi connectivity index (χ1n) is 13.6. The van der Waals surface area contributed by atoms with Crippen LogP contribution >= 0.6 is 0 Å². The van der Waals surface area contributed by atoms with Crippen LogP contribution in [0.3, 0.4) is 0 Å². The van der Waals surface area contributed by atoms with Gasteiger partial charge in [-0.1, -0.05) is 30.3 Å². The van der Waals surface area contributed by atoms with Gasteiger partial charge in [-0.25, -0.2) is 4.98 Å². The molecular weight excluding hydrogens is 522 g/mol. The number of hydrogen-bond donors (Lipinski definition) is 2. The number of methoxy groups -OCH3 is 5. The second-order valence-corrected chi connectivity index (χ2v) is 9.84. The minimum Gasteiger partial charge on any atom is -0.493 e. The van der Waals surface area contributed by atoms with Gasteiger partial charge in [0.15, 0.2) is 23.0 Å². The van der Waals surface area contributed by atoms with Crippen molar-refractivity contribution in [2.45, 2.75) is 25.4 Å². The molecule has 0 spiro atoms. The van der Waals surface area contributed by atoms with Crippen molar-refractivity contribution in [1.29, 1.82) is 0 Å². The minimum atomic E-state index is 0.258. The standard InChI is InChI=1S/C31H37N5O5/c1-37-25-17-23-24(18-26(25)38-2)34-31(33-21-11-13-36(14-12-21)19-20-9-7-6-8-10-20)35-30(23)32-22-15-27(39-3)29(41-5)28(16-22)40-4/h6-10,15-18,21H,11-14,19H2,1-5H3,(H2,32,33,34,35). The van der Waals surface area contributed by atoms with Crippen LogP contribution in [0.4, 0.5) is 17.5 Å². The Bertz CT molecular complexity index is 1450. The lowest BCUT2D eigenvalue weighted by Crippen LogP contribution is -2.39. The van der Waals surface area contributed by atoms with E-state index in [9.17, 15) is 0 Å². The molecule has 0 atom stereocenters. The summed E-state index contributed by atoms with van der Waals surface area (Å²) in [5.74, 6) is 3.91. The monoisotopic (exact) mass is 559 g/mol. The third-order valence-corrected chi connectivity index (χ3v) is 7.30. The molecule has 0 unspecified atom stereocenters. The van der Waals surface area contributed by atoms with E-state index in [0.29, 0.717) is 40.5 Å². The molecule has 3 aromatic carbocycles. The van der Waals surface area contributed by atoms with Crippen molar-refractivity contribution in [2.24, 2.45) is 0 Å². The van der Waals surface area contributed by atoms with Crippen molar-refractivity contribution in [3.05, 3.63) is 60.2 Å². The fraction of sp³-hybridized carbons (Fsp3) is 0.355. The van der Waals surface area contributed by atoms with Gasteiger partial charge in [-0.3, -0.25) is 4.90 Å². The topological polar surface area (TPSA) is 99.2 Å². The maximum atomic E-state index is 5.57. The quantitative estimate of drug-likeness (QED) is 0.245. The number of fused-ring (bicyclic) bond motifs is 1. The predicted molar refractivity (Wildman–Crippen MR) is 160 cm³/mol. The number of ether oxygens (including phenoxy) is 5. The SMILES string of the molecule is COc1cc2nc(NC3CCN(Cc4ccccc4)CC3)nc(Nc3cc(OC)c(OC)c(OC)c3)c2cc1OC. The molecule has 2 N–H and O–H groups in total. The maximum Gasteiger partial charge on any atom is 0.225 e. The highest BCUT2D eigenvalue weighted by Crippen LogP contribution is 2.42. The second kappa shape index (κ2) is 12.8. The third-order valence-electron chi connectivity index (χ3n) is 7.30. The summed E-state index contributed by atoms with van der Waals surface area (Å²) in [5.41, 5.74) is 2.77. The zero-order chi connectivity index (χ0) is 28.8. The Morgan fingerprint density at radius 2 is 1.39 bits per heavy atom. The maximum absolute atomic E-state index is 5.57. The molecule has 0 amide bonds. The third kappa shape index (κ3) is 6.33. The molecule has 4 aromatic rings. The summed E-state index contributed by atoms with van der Waals surface area (Å²) in [6.45, 7) is 2.97. The number of anilines is 3. The fourth-order valence-electron chi connectivity index (χ4n) is 5.17. The van der Waals surface area contributed by atoms with Crippen LogP contribution in [0.15, 0.2) is 54.6 Å². The van der Waals surface area contributed by atoms with Gasteiger partial charge in [0.2, 0.25) is 11.7 Å². The van der Waals surface area contributed by atoms with E-state index in [1.54, 1.807) is 35.5 Å². The summed E-state index contributed by atoms with van der Waals surface area (Å²) in [7, 11) is 7.98. The number of likely N-dealkylation sites (tertiary alicyclic amines) is 1. The van der Waals surface area contributed by atoms with E-state index in [2.05, 4.69) is 45.9 Å². The van der Waals surface area contributed by atoms with Crippen LogP contribution in [0.1, 0.15) is 18.4 Å². The zero-order valence-corrected chi connectivity index (χ0v) is 24.2. The van der Waals surface area contributed by atoms with Crippen LogP contribution in [-0.4, -0.2) is 69.5 Å². The van der Waals surface area contributed by atoms with Gasteiger partial charge >= 0.3 is 0 Å². The van der Waals surface area contributed by atoms with E-state index in [4.69, 9.17) is 33.7 Å². The lowest BCUT2D eigenvalue weighted by atomic mass is 10.0. The van der Waals surface area contributed by atoms with Gasteiger partial charge in [-0.05, 0) is 24.5 Å². The number of hydrogen-bond acceptors (Lipinski definition) is 10. The average Bonchev–Trinajstić information content (AvgIpc) is 3.01. The molecule has 1 aromatic heterocycles. The number of benzene rings is 3. The molecule has 0 aliphatic carbocycles. The highest BCUT2D eigenvalue weighted by atomic mass is 16.5. The van der Waals surface area contributed by atoms with Crippen molar-refractivity contribution in [2.75, 3.05) is 59.3 Å². The Hall–Kier alpha value is -4.44. The molecule has 1 saturated heterocycles. The van der Waals surface area contributed by atoms with E-state index in [-0.39, 0.29) is 6.04 Å². The summed E-state index contributed by atoms with van der Waals surface area (Å²) in [5, 5.41) is 7.80. The van der Waals surface area contributed by atoms with E-state index in [1.165, 1.54) is 5.56 Å². The molecule has 41 heavy (non-hydrogen) atoms. The summed E-state index contributed by atoms with van der Waals surface area (Å²) < 4.78 is 27.7. The largest absolute Gasteiger partial charge is 0.493 e. The Kier molecular flexibility index (Phi) is 8.79. The van der Waals surface area contributed by atoms with Gasteiger partial charge in [0.1, 0.15) is 5.82 Å². The first-order valence-corrected chi connectivity index (χ1v) is 13.6. The Labute approximate surface area is 240 Å². The van der Waals surface area contributed by atoms with Gasteiger partial charge in [0.25, 0.3) is 0 Å². The molecule has 2 heterocycles. The molecule has 10 nitrogen and oxygen atoms in total. The number of nitrogens with zero attached hydrogens (tertiary/aromatic N) is 3. The number of rotatable bonds is 11. The summed E-state index contributed by atoms with van der Waals surface area (Å²) >= 11 is 0. The lowest BCUT2D eigenvalue weighted by molar-refractivity contribution is 0.211.